The highest BCUT2D eigenvalue weighted by Gasteiger charge is 2.33. The second-order valence-electron chi connectivity index (χ2n) is 12.0. The lowest BCUT2D eigenvalue weighted by Crippen LogP contribution is -2.28. The molecule has 45 heavy (non-hydrogen) atoms. The number of aromatic nitrogens is 2. The van der Waals surface area contributed by atoms with Gasteiger partial charge in [0.25, 0.3) is 0 Å². The smallest absolute Gasteiger partial charge is 0.416 e. The normalized spacial score (nSPS) is 13.9. The quantitative estimate of drug-likeness (QED) is 0.197. The van der Waals surface area contributed by atoms with Crippen LogP contribution in [-0.2, 0) is 28.7 Å². The summed E-state index contributed by atoms with van der Waals surface area (Å²) in [7, 11) is 0. The minimum absolute atomic E-state index is 0.119. The van der Waals surface area contributed by atoms with Gasteiger partial charge in [-0.1, -0.05) is 12.1 Å². The van der Waals surface area contributed by atoms with Crippen molar-refractivity contribution in [3.05, 3.63) is 94.7 Å². The number of nitrogens with zero attached hydrogens (tertiary/aromatic N) is 2. The molecule has 1 unspecified atom stereocenters. The molecule has 3 aromatic carbocycles. The van der Waals surface area contributed by atoms with Crippen LogP contribution in [0, 0.1) is 6.92 Å². The third kappa shape index (κ3) is 6.02. The van der Waals surface area contributed by atoms with Crippen LogP contribution in [-0.4, -0.2) is 33.3 Å². The van der Waals surface area contributed by atoms with E-state index in [0.29, 0.717) is 56.6 Å². The van der Waals surface area contributed by atoms with Gasteiger partial charge in [0.2, 0.25) is 5.88 Å². The highest BCUT2D eigenvalue weighted by Crippen LogP contribution is 2.45. The predicted octanol–water partition coefficient (Wildman–Crippen LogP) is 8.23. The average molecular weight is 617 g/mol. The molecule has 0 saturated heterocycles. The number of aliphatic carboxylic acids is 1. The van der Waals surface area contributed by atoms with Crippen molar-refractivity contribution >= 4 is 27.8 Å². The molecule has 3 heterocycles. The minimum atomic E-state index is -4.46. The van der Waals surface area contributed by atoms with E-state index in [1.165, 1.54) is 6.07 Å². The summed E-state index contributed by atoms with van der Waals surface area (Å²) in [6.45, 7) is 7.64. The van der Waals surface area contributed by atoms with E-state index in [1.54, 1.807) is 58.2 Å². The molecule has 1 atom stereocenters. The van der Waals surface area contributed by atoms with Crippen LogP contribution in [0.4, 0.5) is 13.2 Å². The average Bonchev–Trinajstić information content (AvgIpc) is 2.98. The summed E-state index contributed by atoms with van der Waals surface area (Å²) in [5, 5.41) is 12.0. The second-order valence-corrected chi connectivity index (χ2v) is 12.0. The number of rotatable bonds is 7. The van der Waals surface area contributed by atoms with Crippen LogP contribution >= 0.6 is 0 Å². The summed E-state index contributed by atoms with van der Waals surface area (Å²) in [5.41, 5.74) is 3.52. The topological polar surface area (TPSA) is 90.8 Å². The number of hydrogen-bond acceptors (Lipinski definition) is 6. The highest BCUT2D eigenvalue weighted by atomic mass is 19.4. The maximum Gasteiger partial charge on any atom is 0.416 e. The van der Waals surface area contributed by atoms with Gasteiger partial charge in [-0.05, 0) is 92.4 Å². The first-order chi connectivity index (χ1) is 21.3. The lowest BCUT2D eigenvalue weighted by atomic mass is 9.86. The fraction of sp³-hybridized carbons (Fsp3) is 0.286. The molecule has 0 amide bonds. The number of pyridine rings is 2. The Hall–Kier alpha value is -4.70. The standard InChI is InChI=1S/C35H31F3N2O5/c1-19-16-25-23(9-11-27(40-25)44-18-20-6-5-7-22(17-20)35(36,37)38)30(28(19)32(33(41)42)45-34(2,3)4)24-8-10-26-29-21(13-15-43-26)12-14-39-31(24)29/h5-12,14,16-17,32H,13,15,18H2,1-4H3,(H,41,42). The van der Waals surface area contributed by atoms with Crippen molar-refractivity contribution in [3.63, 3.8) is 0 Å². The second kappa shape index (κ2) is 11.3. The summed E-state index contributed by atoms with van der Waals surface area (Å²) in [5.74, 6) is -0.213. The first-order valence-electron chi connectivity index (χ1n) is 14.5. The van der Waals surface area contributed by atoms with Crippen LogP contribution in [0.15, 0.2) is 66.9 Å². The molecular formula is C35H31F3N2O5. The van der Waals surface area contributed by atoms with Crippen LogP contribution in [0.2, 0.25) is 0 Å². The lowest BCUT2D eigenvalue weighted by molar-refractivity contribution is -0.160. The third-order valence-corrected chi connectivity index (χ3v) is 7.65. The molecule has 10 heteroatoms. The fourth-order valence-electron chi connectivity index (χ4n) is 5.80. The van der Waals surface area contributed by atoms with Crippen molar-refractivity contribution < 1.29 is 37.3 Å². The summed E-state index contributed by atoms with van der Waals surface area (Å²) in [6, 6.07) is 15.9. The van der Waals surface area contributed by atoms with E-state index in [1.807, 2.05) is 18.2 Å². The molecule has 2 aromatic heterocycles. The lowest BCUT2D eigenvalue weighted by Gasteiger charge is -2.29. The van der Waals surface area contributed by atoms with Crippen molar-refractivity contribution in [2.45, 2.75) is 58.6 Å². The number of carboxylic acid groups (broad SMARTS) is 1. The van der Waals surface area contributed by atoms with Gasteiger partial charge in [-0.25, -0.2) is 9.78 Å². The Morgan fingerprint density at radius 1 is 1.07 bits per heavy atom. The van der Waals surface area contributed by atoms with E-state index < -0.39 is 29.4 Å². The van der Waals surface area contributed by atoms with Gasteiger partial charge >= 0.3 is 12.1 Å². The maximum absolute atomic E-state index is 13.2. The molecule has 0 bridgehead atoms. The summed E-state index contributed by atoms with van der Waals surface area (Å²) in [6.07, 6.45) is -3.30. The molecule has 0 fully saturated rings. The van der Waals surface area contributed by atoms with Crippen LogP contribution in [0.5, 0.6) is 11.6 Å². The molecule has 5 aromatic rings. The van der Waals surface area contributed by atoms with Gasteiger partial charge < -0.3 is 19.3 Å². The number of fused-ring (bicyclic) bond motifs is 1. The number of carbonyl (C=O) groups is 1. The SMILES string of the molecule is Cc1cc2nc(OCc3cccc(C(F)(F)F)c3)ccc2c(-c2ccc3c4c(ccnc24)CCO3)c1C(OC(C)(C)C)C(=O)O. The first kappa shape index (κ1) is 30.3. The Balaban J connectivity index is 1.52. The van der Waals surface area contributed by atoms with Crippen molar-refractivity contribution in [2.24, 2.45) is 0 Å². The molecule has 6 rings (SSSR count). The van der Waals surface area contributed by atoms with Gasteiger partial charge in [-0.3, -0.25) is 4.98 Å². The van der Waals surface area contributed by atoms with Crippen molar-refractivity contribution in [2.75, 3.05) is 6.61 Å². The van der Waals surface area contributed by atoms with Crippen molar-refractivity contribution in [1.82, 2.24) is 9.97 Å². The fourth-order valence-corrected chi connectivity index (χ4v) is 5.80. The molecule has 0 saturated carbocycles. The van der Waals surface area contributed by atoms with Gasteiger partial charge in [0, 0.05) is 40.6 Å². The van der Waals surface area contributed by atoms with Crippen molar-refractivity contribution in [3.8, 4) is 22.8 Å². The zero-order valence-electron chi connectivity index (χ0n) is 25.2. The molecule has 0 spiro atoms. The Bertz CT molecular complexity index is 1940. The largest absolute Gasteiger partial charge is 0.493 e. The molecule has 232 valence electrons. The molecular weight excluding hydrogens is 585 g/mol. The number of halogens is 3. The molecule has 0 radical (unpaired) electrons. The van der Waals surface area contributed by atoms with E-state index in [9.17, 15) is 23.1 Å². The van der Waals surface area contributed by atoms with Gasteiger partial charge in [0.15, 0.2) is 6.10 Å². The first-order valence-corrected chi connectivity index (χ1v) is 14.5. The van der Waals surface area contributed by atoms with Gasteiger partial charge in [0.1, 0.15) is 12.4 Å². The van der Waals surface area contributed by atoms with E-state index in [4.69, 9.17) is 24.2 Å². The van der Waals surface area contributed by atoms with Gasteiger partial charge in [0.05, 0.1) is 28.8 Å². The highest BCUT2D eigenvalue weighted by molar-refractivity contribution is 6.08. The zero-order chi connectivity index (χ0) is 32.1. The number of aryl methyl sites for hydroxylation is 1. The molecule has 1 aliphatic rings. The van der Waals surface area contributed by atoms with Crippen LogP contribution < -0.4 is 9.47 Å². The molecule has 7 nitrogen and oxygen atoms in total. The molecule has 1 aliphatic heterocycles. The summed E-state index contributed by atoms with van der Waals surface area (Å²) < 4.78 is 57.5. The third-order valence-electron chi connectivity index (χ3n) is 7.65. The number of hydrogen-bond donors (Lipinski definition) is 1. The maximum atomic E-state index is 13.2. The number of benzene rings is 3. The Kier molecular flexibility index (Phi) is 7.64. The Morgan fingerprint density at radius 2 is 1.87 bits per heavy atom. The Morgan fingerprint density at radius 3 is 2.60 bits per heavy atom. The number of ether oxygens (including phenoxy) is 3. The molecule has 0 aliphatic carbocycles. The zero-order valence-corrected chi connectivity index (χ0v) is 25.2. The number of carboxylic acids is 1. The molecule has 1 N–H and O–H groups in total. The minimum Gasteiger partial charge on any atom is -0.493 e. The number of alkyl halides is 3. The van der Waals surface area contributed by atoms with E-state index in [-0.39, 0.29) is 12.5 Å². The van der Waals surface area contributed by atoms with Crippen LogP contribution in [0.3, 0.4) is 0 Å². The van der Waals surface area contributed by atoms with Crippen LogP contribution in [0.25, 0.3) is 32.9 Å². The van der Waals surface area contributed by atoms with E-state index >= 15 is 0 Å². The summed E-state index contributed by atoms with van der Waals surface area (Å²) >= 11 is 0. The monoisotopic (exact) mass is 616 g/mol. The van der Waals surface area contributed by atoms with E-state index in [0.717, 1.165) is 29.5 Å². The van der Waals surface area contributed by atoms with Crippen molar-refractivity contribution in [1.29, 1.82) is 0 Å². The predicted molar refractivity (Wildman–Crippen MR) is 163 cm³/mol. The Labute approximate surface area is 257 Å². The summed E-state index contributed by atoms with van der Waals surface area (Å²) in [4.78, 5) is 22.2. The van der Waals surface area contributed by atoms with Gasteiger partial charge in [-0.15, -0.1) is 0 Å². The van der Waals surface area contributed by atoms with Gasteiger partial charge in [-0.2, -0.15) is 13.2 Å². The van der Waals surface area contributed by atoms with Crippen LogP contribution in [0.1, 0.15) is 54.7 Å². The van der Waals surface area contributed by atoms with E-state index in [2.05, 4.69) is 0 Å².